The molecule has 6 nitrogen and oxygen atoms in total. The number of hydrogen-bond donors (Lipinski definition) is 2. The maximum absolute atomic E-state index is 12.2. The highest BCUT2D eigenvalue weighted by Crippen LogP contribution is 2.47. The molecule has 1 aromatic rings. The second-order valence-corrected chi connectivity index (χ2v) is 5.92. The number of nitrogens with one attached hydrogen (secondary N) is 1. The van der Waals surface area contributed by atoms with Gasteiger partial charge in [0.25, 0.3) is 0 Å². The number of amides is 1. The highest BCUT2D eigenvalue weighted by Gasteiger charge is 2.28. The van der Waals surface area contributed by atoms with E-state index in [0.717, 1.165) is 11.4 Å². The lowest BCUT2D eigenvalue weighted by molar-refractivity contribution is -0.145. The van der Waals surface area contributed by atoms with Gasteiger partial charge < -0.3 is 10.4 Å². The van der Waals surface area contributed by atoms with Crippen molar-refractivity contribution < 1.29 is 14.7 Å². The molecular formula is C12H11Cl2N3O3S. The Morgan fingerprint density at radius 1 is 1.19 bits per heavy atom. The minimum atomic E-state index is -1.04. The van der Waals surface area contributed by atoms with Crippen molar-refractivity contribution in [1.82, 2.24) is 0 Å². The number of carbonyl (C=O) groups is 2. The summed E-state index contributed by atoms with van der Waals surface area (Å²) in [6, 6.07) is 1.47. The average molecular weight is 348 g/mol. The minimum Gasteiger partial charge on any atom is -0.481 e. The summed E-state index contributed by atoms with van der Waals surface area (Å²) in [5, 5.41) is 12.1. The van der Waals surface area contributed by atoms with Gasteiger partial charge in [-0.25, -0.2) is 0 Å². The van der Waals surface area contributed by atoms with Gasteiger partial charge in [0.1, 0.15) is 11.4 Å². The maximum Gasteiger partial charge on any atom is 0.307 e. The molecule has 1 aromatic carbocycles. The van der Waals surface area contributed by atoms with E-state index in [-0.39, 0.29) is 5.02 Å². The smallest absolute Gasteiger partial charge is 0.307 e. The molecular weight excluding hydrogens is 337 g/mol. The van der Waals surface area contributed by atoms with Crippen LogP contribution in [-0.2, 0) is 20.9 Å². The Bertz CT molecular complexity index is 701. The third-order valence-electron chi connectivity index (χ3n) is 3.25. The Hall–Kier alpha value is -1.44. The number of carboxylic acids is 1. The zero-order valence-corrected chi connectivity index (χ0v) is 13.4. The van der Waals surface area contributed by atoms with E-state index in [1.165, 1.54) is 19.9 Å². The van der Waals surface area contributed by atoms with Crippen LogP contribution in [0.15, 0.2) is 14.8 Å². The van der Waals surface area contributed by atoms with Crippen molar-refractivity contribution >= 4 is 63.5 Å². The Labute approximate surface area is 134 Å². The highest BCUT2D eigenvalue weighted by molar-refractivity contribution is 7.58. The first-order chi connectivity index (χ1) is 9.82. The van der Waals surface area contributed by atoms with Crippen molar-refractivity contribution in [2.24, 2.45) is 20.6 Å². The van der Waals surface area contributed by atoms with Crippen molar-refractivity contribution in [2.75, 3.05) is 5.32 Å². The molecule has 2 rings (SSSR count). The van der Waals surface area contributed by atoms with Crippen molar-refractivity contribution in [3.05, 3.63) is 16.1 Å². The summed E-state index contributed by atoms with van der Waals surface area (Å²) >= 11 is 13.0. The number of hydrogen-bond acceptors (Lipinski definition) is 4. The molecule has 112 valence electrons. The molecule has 1 amide bonds. The number of benzene rings is 1. The predicted octanol–water partition coefficient (Wildman–Crippen LogP) is 4.02. The van der Waals surface area contributed by atoms with Crippen molar-refractivity contribution in [3.8, 4) is 0 Å². The molecule has 0 saturated carbocycles. The largest absolute Gasteiger partial charge is 0.481 e. The monoisotopic (exact) mass is 347 g/mol. The fraction of sp³-hybridized carbons (Fsp3) is 0.333. The van der Waals surface area contributed by atoms with Crippen LogP contribution in [0.2, 0.25) is 10.0 Å². The molecule has 2 unspecified atom stereocenters. The van der Waals surface area contributed by atoms with Gasteiger partial charge in [0.2, 0.25) is 5.91 Å². The number of aliphatic carboxylic acids is 1. The zero-order valence-electron chi connectivity index (χ0n) is 11.1. The molecule has 9 heteroatoms. The predicted molar refractivity (Wildman–Crippen MR) is 82.6 cm³/mol. The van der Waals surface area contributed by atoms with Crippen LogP contribution in [0.5, 0.6) is 0 Å². The van der Waals surface area contributed by atoms with E-state index < -0.39 is 23.7 Å². The fourth-order valence-electron chi connectivity index (χ4n) is 1.67. The van der Waals surface area contributed by atoms with Gasteiger partial charge in [0.05, 0.1) is 33.0 Å². The third-order valence-corrected chi connectivity index (χ3v) is 4.36. The molecule has 1 aliphatic rings. The number of rotatable bonds is 4. The van der Waals surface area contributed by atoms with E-state index in [1.54, 1.807) is 0 Å². The summed E-state index contributed by atoms with van der Waals surface area (Å²) in [6.45, 7) is 3.00. The summed E-state index contributed by atoms with van der Waals surface area (Å²) in [5.41, 5.74) is 1.13. The van der Waals surface area contributed by atoms with E-state index >= 15 is 0 Å². The Morgan fingerprint density at radius 3 is 2.43 bits per heavy atom. The molecule has 0 spiro atoms. The van der Waals surface area contributed by atoms with Crippen LogP contribution >= 0.6 is 23.2 Å². The van der Waals surface area contributed by atoms with Gasteiger partial charge in [-0.2, -0.15) is 8.73 Å². The summed E-state index contributed by atoms with van der Waals surface area (Å²) in [6.07, 6.45) is 0. The van der Waals surface area contributed by atoms with Crippen LogP contribution in [0.3, 0.4) is 0 Å². The van der Waals surface area contributed by atoms with Gasteiger partial charge in [-0.05, 0) is 6.07 Å². The van der Waals surface area contributed by atoms with E-state index in [4.69, 9.17) is 28.3 Å². The normalized spacial score (nSPS) is 15.0. The summed E-state index contributed by atoms with van der Waals surface area (Å²) < 4.78 is 8.09. The Kier molecular flexibility index (Phi) is 4.65. The van der Waals surface area contributed by atoms with E-state index in [9.17, 15) is 9.59 Å². The molecule has 0 aliphatic carbocycles. The second-order valence-electron chi connectivity index (χ2n) is 4.58. The molecule has 1 heterocycles. The van der Waals surface area contributed by atoms with Crippen molar-refractivity contribution in [1.29, 1.82) is 0 Å². The van der Waals surface area contributed by atoms with Crippen molar-refractivity contribution in [3.63, 3.8) is 0 Å². The number of carbonyl (C=O) groups excluding carboxylic acids is 1. The number of fused-ring (bicyclic) bond motifs is 1. The Morgan fingerprint density at radius 2 is 1.81 bits per heavy atom. The molecule has 0 saturated heterocycles. The SMILES string of the molecule is CC(C(=O)O)C(C)C(=O)Nc1c(Cl)cc(Cl)c2c1N=S=N2. The van der Waals surface area contributed by atoms with E-state index in [2.05, 4.69) is 14.0 Å². The van der Waals surface area contributed by atoms with E-state index in [0.29, 0.717) is 22.1 Å². The van der Waals surface area contributed by atoms with Crippen LogP contribution < -0.4 is 5.32 Å². The molecule has 0 bridgehead atoms. The molecule has 0 aromatic heterocycles. The molecule has 0 fully saturated rings. The van der Waals surface area contributed by atoms with Crippen LogP contribution in [0, 0.1) is 11.8 Å². The topological polar surface area (TPSA) is 91.1 Å². The first kappa shape index (κ1) is 15.9. The van der Waals surface area contributed by atoms with E-state index in [1.807, 2.05) is 0 Å². The summed E-state index contributed by atoms with van der Waals surface area (Å²) in [4.78, 5) is 23.1. The lowest BCUT2D eigenvalue weighted by atomic mass is 9.95. The Balaban J connectivity index is 2.29. The molecule has 0 radical (unpaired) electrons. The van der Waals surface area contributed by atoms with Crippen LogP contribution in [0.25, 0.3) is 0 Å². The van der Waals surface area contributed by atoms with Gasteiger partial charge in [0.15, 0.2) is 0 Å². The minimum absolute atomic E-state index is 0.226. The van der Waals surface area contributed by atoms with Crippen molar-refractivity contribution in [2.45, 2.75) is 13.8 Å². The zero-order chi connectivity index (χ0) is 15.7. The third kappa shape index (κ3) is 3.09. The highest BCUT2D eigenvalue weighted by atomic mass is 35.5. The second kappa shape index (κ2) is 6.13. The average Bonchev–Trinajstić information content (AvgIpc) is 2.91. The molecule has 21 heavy (non-hydrogen) atoms. The van der Waals surface area contributed by atoms with Gasteiger partial charge in [0, 0.05) is 5.92 Å². The standard InChI is InChI=1S/C12H11Cl2N3O3S/c1-4(5(2)12(19)20)11(18)15-8-6(13)3-7(14)9-10(8)17-21-16-9/h3-5H,1-2H3,(H,15,18)(H,19,20). The lowest BCUT2D eigenvalue weighted by Gasteiger charge is -2.17. The molecule has 2 atom stereocenters. The first-order valence-corrected chi connectivity index (χ1v) is 7.45. The number of anilines is 1. The van der Waals surface area contributed by atoms with Gasteiger partial charge >= 0.3 is 5.97 Å². The molecule has 1 aliphatic heterocycles. The molecule has 2 N–H and O–H groups in total. The quantitative estimate of drug-likeness (QED) is 0.874. The maximum atomic E-state index is 12.2. The van der Waals surface area contributed by atoms with Crippen LogP contribution in [0.1, 0.15) is 13.8 Å². The lowest BCUT2D eigenvalue weighted by Crippen LogP contribution is -2.30. The number of nitrogens with zero attached hydrogens (tertiary/aromatic N) is 2. The number of halogens is 2. The first-order valence-electron chi connectivity index (χ1n) is 5.96. The fourth-order valence-corrected chi connectivity index (χ4v) is 2.83. The van der Waals surface area contributed by atoms with Gasteiger partial charge in [-0.15, -0.1) is 0 Å². The van der Waals surface area contributed by atoms with Crippen LogP contribution in [-0.4, -0.2) is 17.0 Å². The number of carboxylic acid groups (broad SMARTS) is 1. The van der Waals surface area contributed by atoms with Crippen LogP contribution in [0.4, 0.5) is 17.1 Å². The van der Waals surface area contributed by atoms with Gasteiger partial charge in [-0.3, -0.25) is 9.59 Å². The van der Waals surface area contributed by atoms with Gasteiger partial charge in [-0.1, -0.05) is 37.0 Å². The summed E-state index contributed by atoms with van der Waals surface area (Å²) in [5.74, 6) is -3.04. The summed E-state index contributed by atoms with van der Waals surface area (Å²) in [7, 11) is 0.